The molecule has 0 aliphatic rings. The van der Waals surface area contributed by atoms with Crippen molar-refractivity contribution < 1.29 is 4.79 Å². The molecule has 2 aromatic rings. The van der Waals surface area contributed by atoms with Crippen molar-refractivity contribution in [3.05, 3.63) is 46.2 Å². The van der Waals surface area contributed by atoms with Crippen LogP contribution in [0.2, 0.25) is 0 Å². The number of anilines is 2. The number of para-hydroxylation sites is 1. The molecule has 4 N–H and O–H groups in total. The highest BCUT2D eigenvalue weighted by atomic mass is 32.1. The standard InChI is InChI=1S/C10H9N3O2S/c11-8(14)7-9(15)13-16-10(7)12-6-4-2-1-3-5-6/h1-5,12H,(H2,11,14)(H,13,15). The Morgan fingerprint density at radius 3 is 2.62 bits per heavy atom. The summed E-state index contributed by atoms with van der Waals surface area (Å²) in [5.41, 5.74) is 5.42. The van der Waals surface area contributed by atoms with Gasteiger partial charge in [-0.3, -0.25) is 14.0 Å². The van der Waals surface area contributed by atoms with E-state index in [1.54, 1.807) is 0 Å². The molecule has 1 heterocycles. The van der Waals surface area contributed by atoms with E-state index in [0.29, 0.717) is 5.00 Å². The summed E-state index contributed by atoms with van der Waals surface area (Å²) in [5.74, 6) is -0.735. The van der Waals surface area contributed by atoms with E-state index in [9.17, 15) is 9.59 Å². The van der Waals surface area contributed by atoms with Gasteiger partial charge in [0.05, 0.1) is 0 Å². The summed E-state index contributed by atoms with van der Waals surface area (Å²) in [6.45, 7) is 0. The molecule has 0 aliphatic heterocycles. The van der Waals surface area contributed by atoms with Crippen LogP contribution in [0.25, 0.3) is 0 Å². The van der Waals surface area contributed by atoms with Gasteiger partial charge in [0.15, 0.2) is 0 Å². The lowest BCUT2D eigenvalue weighted by Crippen LogP contribution is -2.20. The van der Waals surface area contributed by atoms with Crippen LogP contribution in [0.4, 0.5) is 10.7 Å². The van der Waals surface area contributed by atoms with Crippen molar-refractivity contribution in [2.75, 3.05) is 5.32 Å². The third kappa shape index (κ3) is 1.96. The minimum absolute atomic E-state index is 0.0335. The van der Waals surface area contributed by atoms with Crippen molar-refractivity contribution in [3.63, 3.8) is 0 Å². The van der Waals surface area contributed by atoms with Gasteiger partial charge < -0.3 is 11.1 Å². The van der Waals surface area contributed by atoms with E-state index in [1.165, 1.54) is 0 Å². The van der Waals surface area contributed by atoms with Gasteiger partial charge in [0.2, 0.25) is 0 Å². The molecular formula is C10H9N3O2S. The summed E-state index contributed by atoms with van der Waals surface area (Å²) in [6.07, 6.45) is 0. The second-order valence-corrected chi connectivity index (χ2v) is 3.91. The number of aromatic amines is 1. The molecule has 0 fully saturated rings. The van der Waals surface area contributed by atoms with Gasteiger partial charge in [0, 0.05) is 5.69 Å². The van der Waals surface area contributed by atoms with Crippen LogP contribution in [0.1, 0.15) is 10.4 Å². The van der Waals surface area contributed by atoms with E-state index in [0.717, 1.165) is 17.2 Å². The number of aromatic nitrogens is 1. The summed E-state index contributed by atoms with van der Waals surface area (Å²) in [7, 11) is 0. The zero-order valence-electron chi connectivity index (χ0n) is 8.19. The number of carbonyl (C=O) groups excluding carboxylic acids is 1. The summed E-state index contributed by atoms with van der Waals surface area (Å²) < 4.78 is 2.46. The predicted octanol–water partition coefficient (Wildman–Crippen LogP) is 1.28. The molecule has 2 rings (SSSR count). The molecule has 0 saturated heterocycles. The Hall–Kier alpha value is -2.08. The van der Waals surface area contributed by atoms with Crippen LogP contribution < -0.4 is 16.6 Å². The molecule has 0 saturated carbocycles. The first kappa shape index (κ1) is 10.4. The number of nitrogens with one attached hydrogen (secondary N) is 2. The maximum atomic E-state index is 11.3. The largest absolute Gasteiger partial charge is 0.365 e. The Bertz CT molecular complexity index is 559. The van der Waals surface area contributed by atoms with E-state index in [-0.39, 0.29) is 5.56 Å². The Kier molecular flexibility index (Phi) is 2.74. The van der Waals surface area contributed by atoms with Gasteiger partial charge in [0.25, 0.3) is 11.5 Å². The van der Waals surface area contributed by atoms with Crippen molar-refractivity contribution in [2.45, 2.75) is 0 Å². The Labute approximate surface area is 95.1 Å². The normalized spacial score (nSPS) is 10.0. The van der Waals surface area contributed by atoms with Crippen molar-refractivity contribution in [2.24, 2.45) is 5.73 Å². The number of rotatable bonds is 3. The number of benzene rings is 1. The number of amides is 1. The van der Waals surface area contributed by atoms with Crippen LogP contribution in [0.15, 0.2) is 35.1 Å². The molecule has 5 nitrogen and oxygen atoms in total. The summed E-state index contributed by atoms with van der Waals surface area (Å²) >= 11 is 1.05. The second kappa shape index (κ2) is 4.19. The fourth-order valence-corrected chi connectivity index (χ4v) is 2.03. The van der Waals surface area contributed by atoms with E-state index in [2.05, 4.69) is 9.69 Å². The van der Waals surface area contributed by atoms with E-state index in [1.807, 2.05) is 30.3 Å². The number of nitrogens with two attached hydrogens (primary N) is 1. The average Bonchev–Trinajstić information content (AvgIpc) is 2.61. The molecule has 82 valence electrons. The number of H-pyrrole nitrogens is 1. The Morgan fingerprint density at radius 1 is 1.31 bits per heavy atom. The Balaban J connectivity index is 2.36. The van der Waals surface area contributed by atoms with Crippen molar-refractivity contribution in [3.8, 4) is 0 Å². The maximum absolute atomic E-state index is 11.3. The fourth-order valence-electron chi connectivity index (χ4n) is 1.27. The molecular weight excluding hydrogens is 226 g/mol. The lowest BCUT2D eigenvalue weighted by atomic mass is 10.3. The average molecular weight is 235 g/mol. The molecule has 0 bridgehead atoms. The SMILES string of the molecule is NC(=O)c1c(Nc2ccccc2)s[nH]c1=O. The molecule has 0 atom stereocenters. The lowest BCUT2D eigenvalue weighted by molar-refractivity contribution is 0.100. The molecule has 0 aliphatic carbocycles. The van der Waals surface area contributed by atoms with Crippen molar-refractivity contribution in [1.29, 1.82) is 0 Å². The maximum Gasteiger partial charge on any atom is 0.273 e. The minimum Gasteiger partial charge on any atom is -0.365 e. The number of hydrogen-bond donors (Lipinski definition) is 3. The summed E-state index contributed by atoms with van der Waals surface area (Å²) in [6, 6.07) is 9.23. The first-order valence-electron chi connectivity index (χ1n) is 4.52. The molecule has 1 aromatic carbocycles. The highest BCUT2D eigenvalue weighted by Gasteiger charge is 2.15. The van der Waals surface area contributed by atoms with Gasteiger partial charge in [-0.2, -0.15) is 0 Å². The lowest BCUT2D eigenvalue weighted by Gasteiger charge is -2.03. The van der Waals surface area contributed by atoms with Gasteiger partial charge >= 0.3 is 0 Å². The molecule has 0 unspecified atom stereocenters. The highest BCUT2D eigenvalue weighted by Crippen LogP contribution is 2.21. The molecule has 1 amide bonds. The van der Waals surface area contributed by atoms with Gasteiger partial charge in [0.1, 0.15) is 10.6 Å². The summed E-state index contributed by atoms with van der Waals surface area (Å²) in [5, 5.41) is 3.40. The molecule has 16 heavy (non-hydrogen) atoms. The van der Waals surface area contributed by atoms with Gasteiger partial charge in [-0.05, 0) is 23.7 Å². The summed E-state index contributed by atoms with van der Waals surface area (Å²) in [4.78, 5) is 22.3. The van der Waals surface area contributed by atoms with Gasteiger partial charge in [-0.15, -0.1) is 0 Å². The van der Waals surface area contributed by atoms with Crippen LogP contribution in [-0.4, -0.2) is 10.3 Å². The molecule has 1 aromatic heterocycles. The van der Waals surface area contributed by atoms with Crippen molar-refractivity contribution in [1.82, 2.24) is 4.37 Å². The minimum atomic E-state index is -0.735. The van der Waals surface area contributed by atoms with Crippen LogP contribution in [0.3, 0.4) is 0 Å². The first-order chi connectivity index (χ1) is 7.68. The van der Waals surface area contributed by atoms with Crippen molar-refractivity contribution >= 4 is 28.1 Å². The highest BCUT2D eigenvalue weighted by molar-refractivity contribution is 7.10. The zero-order chi connectivity index (χ0) is 11.5. The zero-order valence-corrected chi connectivity index (χ0v) is 9.01. The quantitative estimate of drug-likeness (QED) is 0.748. The molecule has 0 radical (unpaired) electrons. The van der Waals surface area contributed by atoms with Gasteiger partial charge in [-0.1, -0.05) is 18.2 Å². The first-order valence-corrected chi connectivity index (χ1v) is 5.33. The third-order valence-electron chi connectivity index (χ3n) is 1.98. The predicted molar refractivity (Wildman–Crippen MR) is 63.2 cm³/mol. The molecule has 6 heteroatoms. The van der Waals surface area contributed by atoms with E-state index >= 15 is 0 Å². The van der Waals surface area contributed by atoms with Gasteiger partial charge in [-0.25, -0.2) is 0 Å². The van der Waals surface area contributed by atoms with Crippen LogP contribution in [0, 0.1) is 0 Å². The smallest absolute Gasteiger partial charge is 0.273 e. The van der Waals surface area contributed by atoms with E-state index < -0.39 is 11.5 Å². The molecule has 0 spiro atoms. The Morgan fingerprint density at radius 2 is 2.00 bits per heavy atom. The van der Waals surface area contributed by atoms with Crippen LogP contribution in [-0.2, 0) is 0 Å². The van der Waals surface area contributed by atoms with E-state index in [4.69, 9.17) is 5.73 Å². The number of hydrogen-bond acceptors (Lipinski definition) is 4. The monoisotopic (exact) mass is 235 g/mol. The second-order valence-electron chi connectivity index (χ2n) is 3.09. The number of carbonyl (C=O) groups is 1. The van der Waals surface area contributed by atoms with Crippen LogP contribution >= 0.6 is 11.5 Å². The topological polar surface area (TPSA) is 88.0 Å². The number of primary amides is 1. The third-order valence-corrected chi connectivity index (χ3v) is 2.78. The van der Waals surface area contributed by atoms with Crippen LogP contribution in [0.5, 0.6) is 0 Å². The fraction of sp³-hybridized carbons (Fsp3) is 0.